The highest BCUT2D eigenvalue weighted by molar-refractivity contribution is 7.80. The van der Waals surface area contributed by atoms with Crippen molar-refractivity contribution in [1.82, 2.24) is 90.4 Å². The molecule has 17 amide bonds. The molecule has 1 rings (SSSR count). The van der Waals surface area contributed by atoms with Gasteiger partial charge in [0.1, 0.15) is 109 Å². The summed E-state index contributed by atoms with van der Waals surface area (Å²) >= 11 is 4.13. The number of aliphatic hydroxyl groups excluding tert-OH is 1. The maximum atomic E-state index is 15.0. The van der Waals surface area contributed by atoms with Gasteiger partial charge in [-0.1, -0.05) is 235 Å². The molecule has 806 valence electrons. The van der Waals surface area contributed by atoms with E-state index in [1.54, 1.807) is 118 Å². The third-order valence-electron chi connectivity index (χ3n) is 27.1. The molecule has 0 bridgehead atoms. The fourth-order valence-electron chi connectivity index (χ4n) is 14.9. The number of aliphatic carboxylic acids is 3. The van der Waals surface area contributed by atoms with Crippen LogP contribution in [0.5, 0.6) is 5.75 Å². The van der Waals surface area contributed by atoms with Gasteiger partial charge < -0.3 is 127 Å². The highest BCUT2D eigenvalue weighted by atomic mass is 32.1. The Morgan fingerprint density at radius 1 is 0.282 bits per heavy atom. The van der Waals surface area contributed by atoms with E-state index in [1.807, 2.05) is 34.6 Å². The van der Waals surface area contributed by atoms with Gasteiger partial charge in [0.2, 0.25) is 100 Å². The molecule has 0 heterocycles. The van der Waals surface area contributed by atoms with Crippen LogP contribution in [0.3, 0.4) is 0 Å². The van der Waals surface area contributed by atoms with Gasteiger partial charge >= 0.3 is 17.9 Å². The van der Waals surface area contributed by atoms with E-state index >= 15 is 14.4 Å². The van der Waals surface area contributed by atoms with E-state index in [-0.39, 0.29) is 68.2 Å². The molecule has 0 saturated heterocycles. The molecule has 0 aromatic heterocycles. The van der Waals surface area contributed by atoms with Gasteiger partial charge in [0, 0.05) is 12.2 Å². The largest absolute Gasteiger partial charge is 0.508 e. The molecule has 0 saturated carbocycles. The Morgan fingerprint density at radius 2 is 0.507 bits per heavy atom. The standard InChI is InChI=1S/C97H167N19O25S/c1-23-48(12)70(99)87(131)108-73(51(15)26-4)90(134)110-75(53(17)28-6)92(136)112-77(55(19)30-8)94(138)114-79(57(21)32-10)96(140)116-80(58(22)33-11)97(141)115-78(56(20)31-9)95(139)113-76(54(18)29-7)93(137)111-74(52(16)27-5)91(135)109-72(50(14)25-3)89(133)104-64(44-68(121)122)83(127)102-62(42-59-37-39-60(118)40-38-59)82(126)101-61(36-34-35-41-98)81(125)103-63(43-67(119)120)84(128)105-65(46-117)85(129)106-66(47-142)86(130)107-71(49(13)24-2)88(132)100-45-69(123)124/h37-40,48-58,61-66,70-80,117-118,142H,23-36,41-47,98-99H2,1-22H3,(H,100,132)(H,101,126)(H,102,127)(H,103,125)(H,104,133)(H,105,128)(H,106,129)(H,107,130)(H,108,131)(H,109,135)(H,110,134)(H,111,137)(H,112,136)(H,113,139)(H,114,138)(H,115,141)(H,116,140)(H,119,120)(H,121,122)(H,123,124)/t48-,49-,50-,51-,52-,53-,54-,55-,56-,57-,58-,61-,62-,63-,64-,65-,66-,70-,71-,72-,73-,74-,75-,76-,77-,78-,79-,80-/m0/s1. The molecule has 28 atom stereocenters. The number of aliphatic hydroxyl groups is 1. The number of carbonyl (C=O) groups is 20. The van der Waals surface area contributed by atoms with E-state index in [0.29, 0.717) is 51.4 Å². The van der Waals surface area contributed by atoms with Crippen LogP contribution in [0.2, 0.25) is 0 Å². The summed E-state index contributed by atoms with van der Waals surface area (Å²) in [5, 5.41) is 94.0. The minimum Gasteiger partial charge on any atom is -0.508 e. The lowest BCUT2D eigenvalue weighted by atomic mass is 9.91. The molecule has 0 fully saturated rings. The molecule has 0 spiro atoms. The second-order valence-electron chi connectivity index (χ2n) is 37.8. The number of thiol groups is 1. The fourth-order valence-corrected chi connectivity index (χ4v) is 15.1. The average Bonchev–Trinajstić information content (AvgIpc) is 0.826. The number of phenols is 1. The van der Waals surface area contributed by atoms with Gasteiger partial charge in [0.25, 0.3) is 0 Å². The van der Waals surface area contributed by atoms with Crippen LogP contribution >= 0.6 is 12.6 Å². The SMILES string of the molecule is CC[C@H](C)[C@H](N)C(=O)N[C@H](C(=O)N[C@H](C(=O)N[C@H](C(=O)N[C@H](C(=O)N[C@H](C(=O)N[C@H](C(=O)N[C@H](C(=O)N[C@H](C(=O)N[C@H](C(=O)N[C@@H](CC(=O)O)C(=O)N[C@@H](Cc1ccc(O)cc1)C(=O)N[C@@H](CCCCN)C(=O)N[C@@H](CC(=O)O)C(=O)N[C@@H](CO)C(=O)N[C@@H](CS)C(=O)N[C@H](C(=O)NCC(=O)O)[C@@H](C)CC)[C@@H](C)CC)[C@@H](C)CC)[C@@H](C)CC)[C@@H](C)CC)[C@@H](C)CC)[C@@H](C)CC)[C@@H](C)CC)[C@@H](C)CC)[C@@H](C)CC. The first-order chi connectivity index (χ1) is 66.7. The summed E-state index contributed by atoms with van der Waals surface area (Å²) in [5.74, 6) is -27.6. The molecule has 26 N–H and O–H groups in total. The summed E-state index contributed by atoms with van der Waals surface area (Å²) in [6.07, 6.45) is 0.983. The first kappa shape index (κ1) is 129. The number of hydrogen-bond donors (Lipinski definition) is 25. The normalized spacial score (nSPS) is 17.3. The number of unbranched alkanes of at least 4 members (excludes halogenated alkanes) is 1. The molecule has 0 aliphatic carbocycles. The molecular formula is C97H167N19O25S. The number of phenolic OH excluding ortho intramolecular Hbond substituents is 1. The second kappa shape index (κ2) is 65.8. The third kappa shape index (κ3) is 42.3. The van der Waals surface area contributed by atoms with Crippen molar-refractivity contribution < 1.29 is 121 Å². The molecule has 1 aromatic rings. The van der Waals surface area contributed by atoms with Crippen LogP contribution in [0.1, 0.15) is 261 Å². The van der Waals surface area contributed by atoms with Crippen LogP contribution in [-0.4, -0.2) is 272 Å². The average molecular weight is 2030 g/mol. The summed E-state index contributed by atoms with van der Waals surface area (Å²) in [7, 11) is 0. The highest BCUT2D eigenvalue weighted by Gasteiger charge is 2.45. The van der Waals surface area contributed by atoms with Crippen molar-refractivity contribution >= 4 is 131 Å². The summed E-state index contributed by atoms with van der Waals surface area (Å²) in [6, 6.07) is -20.3. The third-order valence-corrected chi connectivity index (χ3v) is 27.5. The zero-order chi connectivity index (χ0) is 109. The molecule has 142 heavy (non-hydrogen) atoms. The van der Waals surface area contributed by atoms with E-state index in [2.05, 4.69) is 103 Å². The van der Waals surface area contributed by atoms with Crippen LogP contribution in [0.15, 0.2) is 24.3 Å². The number of amides is 17. The summed E-state index contributed by atoms with van der Waals surface area (Å²) in [5.41, 5.74) is 12.3. The van der Waals surface area contributed by atoms with E-state index in [4.69, 9.17) is 16.6 Å². The number of benzene rings is 1. The van der Waals surface area contributed by atoms with Crippen molar-refractivity contribution in [1.29, 1.82) is 0 Å². The number of aromatic hydroxyl groups is 1. The first-order valence-electron chi connectivity index (χ1n) is 50.0. The summed E-state index contributed by atoms with van der Waals surface area (Å²) < 4.78 is 0. The van der Waals surface area contributed by atoms with E-state index in [1.165, 1.54) is 24.3 Å². The number of nitrogens with two attached hydrogens (primary N) is 2. The predicted molar refractivity (Wildman–Crippen MR) is 534 cm³/mol. The van der Waals surface area contributed by atoms with E-state index < -0.39 is 312 Å². The monoisotopic (exact) mass is 2030 g/mol. The molecule has 0 radical (unpaired) electrons. The van der Waals surface area contributed by atoms with Gasteiger partial charge in [-0.05, 0) is 109 Å². The fraction of sp³-hybridized carbons (Fsp3) is 0.732. The quantitative estimate of drug-likeness (QED) is 0.0316. The van der Waals surface area contributed by atoms with Gasteiger partial charge in [-0.15, -0.1) is 0 Å². The Kier molecular flexibility index (Phi) is 59.6. The number of carboxylic acids is 3. The number of carbonyl (C=O) groups excluding carboxylic acids is 17. The lowest BCUT2D eigenvalue weighted by molar-refractivity contribution is -0.142. The first-order valence-corrected chi connectivity index (χ1v) is 50.6. The summed E-state index contributed by atoms with van der Waals surface area (Å²) in [4.78, 5) is 281. The Bertz CT molecular complexity index is 4310. The molecule has 1 aromatic carbocycles. The lowest BCUT2D eigenvalue weighted by Crippen LogP contribution is -2.64. The maximum Gasteiger partial charge on any atom is 0.322 e. The van der Waals surface area contributed by atoms with Gasteiger partial charge in [-0.3, -0.25) is 95.9 Å². The van der Waals surface area contributed by atoms with Gasteiger partial charge in [0.05, 0.1) is 25.5 Å². The topological polar surface area (TPSA) is 699 Å². The minimum absolute atomic E-state index is 0.0523. The molecular weight excluding hydrogens is 1860 g/mol. The van der Waals surface area contributed by atoms with Crippen LogP contribution in [0.25, 0.3) is 0 Å². The highest BCUT2D eigenvalue weighted by Crippen LogP contribution is 2.24. The van der Waals surface area contributed by atoms with Crippen molar-refractivity contribution in [2.75, 3.05) is 25.4 Å². The Balaban J connectivity index is 3.85. The van der Waals surface area contributed by atoms with E-state index in [0.717, 1.165) is 0 Å². The van der Waals surface area contributed by atoms with Gasteiger partial charge in [-0.2, -0.15) is 12.6 Å². The number of carboxylic acid groups (broad SMARTS) is 3. The Labute approximate surface area is 840 Å². The molecule has 0 aliphatic heterocycles. The van der Waals surface area contributed by atoms with Crippen molar-refractivity contribution in [3.63, 3.8) is 0 Å². The zero-order valence-electron chi connectivity index (χ0n) is 86.8. The second-order valence-corrected chi connectivity index (χ2v) is 38.2. The number of rotatable bonds is 69. The number of hydrogen-bond acceptors (Lipinski definition) is 25. The van der Waals surface area contributed by atoms with Crippen LogP contribution < -0.4 is 102 Å². The van der Waals surface area contributed by atoms with Crippen molar-refractivity contribution in [2.45, 2.75) is 364 Å². The van der Waals surface area contributed by atoms with Gasteiger partial charge in [-0.25, -0.2) is 0 Å². The van der Waals surface area contributed by atoms with Gasteiger partial charge in [0.15, 0.2) is 0 Å². The van der Waals surface area contributed by atoms with E-state index in [9.17, 15) is 102 Å². The number of nitrogens with one attached hydrogen (secondary N) is 17. The zero-order valence-corrected chi connectivity index (χ0v) is 87.7. The summed E-state index contributed by atoms with van der Waals surface area (Å²) in [6.45, 7) is 36.3. The van der Waals surface area contributed by atoms with Crippen molar-refractivity contribution in [3.05, 3.63) is 29.8 Å². The molecule has 0 aliphatic rings. The van der Waals surface area contributed by atoms with Crippen LogP contribution in [0.4, 0.5) is 0 Å². The van der Waals surface area contributed by atoms with Crippen LogP contribution in [0, 0.1) is 65.1 Å². The molecule has 45 heteroatoms. The van der Waals surface area contributed by atoms with Crippen molar-refractivity contribution in [2.24, 2.45) is 76.6 Å². The Morgan fingerprint density at radius 3 is 0.782 bits per heavy atom. The van der Waals surface area contributed by atoms with Crippen LogP contribution in [-0.2, 0) is 102 Å². The smallest absolute Gasteiger partial charge is 0.322 e. The van der Waals surface area contributed by atoms with Crippen molar-refractivity contribution in [3.8, 4) is 5.75 Å². The molecule has 0 unspecified atom stereocenters. The lowest BCUT2D eigenvalue weighted by Gasteiger charge is -2.34. The predicted octanol–water partition coefficient (Wildman–Crippen LogP) is 0.727. The molecule has 44 nitrogen and oxygen atoms in total. The maximum absolute atomic E-state index is 15.0. The Hall–Kier alpha value is -11.3. The minimum atomic E-state index is -2.09.